The minimum Gasteiger partial charge on any atom is -0.376 e. The standard InChI is InChI=1S/C19H30N6O2/c1-12(2)27-13-4-5-15-14(8-13)19(23-22-15)16-9-17(21-11-20-16)25-7-6-24(3)18(26)10-25/h9,11-15,19,22-23H,4-8,10H2,1-3H3. The fourth-order valence-electron chi connectivity index (χ4n) is 4.48. The molecular weight excluding hydrogens is 344 g/mol. The van der Waals surface area contributed by atoms with Gasteiger partial charge < -0.3 is 14.5 Å². The molecule has 1 amide bonds. The van der Waals surface area contributed by atoms with Crippen LogP contribution in [0.5, 0.6) is 0 Å². The van der Waals surface area contributed by atoms with Gasteiger partial charge in [0.15, 0.2) is 0 Å². The maximum absolute atomic E-state index is 12.0. The summed E-state index contributed by atoms with van der Waals surface area (Å²) in [5.41, 5.74) is 7.88. The number of nitrogens with one attached hydrogen (secondary N) is 2. The third-order valence-corrected chi connectivity index (χ3v) is 5.94. The predicted molar refractivity (Wildman–Crippen MR) is 102 cm³/mol. The second kappa shape index (κ2) is 7.69. The number of hydrogen-bond acceptors (Lipinski definition) is 7. The molecule has 0 spiro atoms. The van der Waals surface area contributed by atoms with Crippen molar-refractivity contribution in [2.75, 3.05) is 31.6 Å². The number of amides is 1. The third kappa shape index (κ3) is 3.93. The molecule has 3 fully saturated rings. The molecule has 1 saturated carbocycles. The summed E-state index contributed by atoms with van der Waals surface area (Å²) < 4.78 is 6.09. The molecule has 4 unspecified atom stereocenters. The highest BCUT2D eigenvalue weighted by atomic mass is 16.5. The first-order chi connectivity index (χ1) is 13.0. The molecule has 1 aromatic heterocycles. The van der Waals surface area contributed by atoms with E-state index in [2.05, 4.69) is 34.7 Å². The highest BCUT2D eigenvalue weighted by molar-refractivity contribution is 5.82. The van der Waals surface area contributed by atoms with E-state index in [1.54, 1.807) is 11.2 Å². The summed E-state index contributed by atoms with van der Waals surface area (Å²) >= 11 is 0. The number of fused-ring (bicyclic) bond motifs is 1. The molecule has 0 aromatic carbocycles. The third-order valence-electron chi connectivity index (χ3n) is 5.94. The van der Waals surface area contributed by atoms with Gasteiger partial charge in [0.2, 0.25) is 5.91 Å². The first-order valence-electron chi connectivity index (χ1n) is 9.98. The highest BCUT2D eigenvalue weighted by Gasteiger charge is 2.42. The average molecular weight is 374 g/mol. The largest absolute Gasteiger partial charge is 0.376 e. The second-order valence-electron chi connectivity index (χ2n) is 8.19. The van der Waals surface area contributed by atoms with Gasteiger partial charge in [-0.1, -0.05) is 0 Å². The van der Waals surface area contributed by atoms with Crippen LogP contribution in [0, 0.1) is 5.92 Å². The Morgan fingerprint density at radius 1 is 1.22 bits per heavy atom. The first kappa shape index (κ1) is 18.6. The summed E-state index contributed by atoms with van der Waals surface area (Å²) in [4.78, 5) is 24.8. The Hall–Kier alpha value is -1.77. The van der Waals surface area contributed by atoms with Gasteiger partial charge in [0.1, 0.15) is 12.1 Å². The van der Waals surface area contributed by atoms with Gasteiger partial charge in [-0.05, 0) is 33.1 Å². The van der Waals surface area contributed by atoms with Crippen molar-refractivity contribution in [3.8, 4) is 0 Å². The zero-order valence-electron chi connectivity index (χ0n) is 16.4. The molecule has 148 valence electrons. The lowest BCUT2D eigenvalue weighted by Gasteiger charge is -2.34. The Kier molecular flexibility index (Phi) is 5.29. The van der Waals surface area contributed by atoms with Crippen LogP contribution < -0.4 is 15.8 Å². The Balaban J connectivity index is 1.49. The zero-order chi connectivity index (χ0) is 19.0. The lowest BCUT2D eigenvalue weighted by Crippen LogP contribution is -2.48. The van der Waals surface area contributed by atoms with Crippen molar-refractivity contribution in [1.29, 1.82) is 0 Å². The summed E-state index contributed by atoms with van der Waals surface area (Å²) in [5, 5.41) is 0. The number of hydrogen-bond donors (Lipinski definition) is 2. The quantitative estimate of drug-likeness (QED) is 0.809. The Morgan fingerprint density at radius 2 is 2.07 bits per heavy atom. The van der Waals surface area contributed by atoms with Crippen LogP contribution in [0.4, 0.5) is 5.82 Å². The number of hydrazine groups is 1. The minimum atomic E-state index is 0.128. The molecule has 1 aliphatic carbocycles. The summed E-state index contributed by atoms with van der Waals surface area (Å²) in [6.45, 7) is 6.09. The number of aromatic nitrogens is 2. The number of carbonyl (C=O) groups is 1. The molecule has 0 radical (unpaired) electrons. The monoisotopic (exact) mass is 374 g/mol. The van der Waals surface area contributed by atoms with Crippen molar-refractivity contribution < 1.29 is 9.53 Å². The molecule has 27 heavy (non-hydrogen) atoms. The molecular formula is C19H30N6O2. The van der Waals surface area contributed by atoms with Crippen molar-refractivity contribution in [2.24, 2.45) is 5.92 Å². The molecule has 2 N–H and O–H groups in total. The molecule has 3 aliphatic rings. The van der Waals surface area contributed by atoms with E-state index in [4.69, 9.17) is 4.74 Å². The lowest BCUT2D eigenvalue weighted by atomic mass is 9.79. The van der Waals surface area contributed by atoms with Crippen LogP contribution in [0.25, 0.3) is 0 Å². The Morgan fingerprint density at radius 3 is 2.85 bits per heavy atom. The van der Waals surface area contributed by atoms with E-state index in [0.717, 1.165) is 43.9 Å². The summed E-state index contributed by atoms with van der Waals surface area (Å²) in [7, 11) is 1.85. The normalized spacial score (nSPS) is 31.5. The Bertz CT molecular complexity index is 684. The molecule has 8 heteroatoms. The van der Waals surface area contributed by atoms with E-state index >= 15 is 0 Å². The van der Waals surface area contributed by atoms with Crippen LogP contribution >= 0.6 is 0 Å². The second-order valence-corrected chi connectivity index (χ2v) is 8.19. The van der Waals surface area contributed by atoms with Crippen molar-refractivity contribution in [3.05, 3.63) is 18.1 Å². The number of piperazine rings is 1. The van der Waals surface area contributed by atoms with E-state index in [0.29, 0.717) is 24.6 Å². The van der Waals surface area contributed by atoms with Crippen molar-refractivity contribution in [2.45, 2.75) is 57.4 Å². The van der Waals surface area contributed by atoms with Gasteiger partial charge in [-0.3, -0.25) is 10.2 Å². The van der Waals surface area contributed by atoms with Crippen LogP contribution in [-0.4, -0.2) is 65.7 Å². The van der Waals surface area contributed by atoms with Crippen LogP contribution in [0.15, 0.2) is 12.4 Å². The zero-order valence-corrected chi connectivity index (χ0v) is 16.4. The smallest absolute Gasteiger partial charge is 0.241 e. The maximum Gasteiger partial charge on any atom is 0.241 e. The SMILES string of the molecule is CC(C)OC1CCC2NNC(c3cc(N4CCN(C)C(=O)C4)ncn3)C2C1. The van der Waals surface area contributed by atoms with Crippen molar-refractivity contribution >= 4 is 11.7 Å². The minimum absolute atomic E-state index is 0.128. The lowest BCUT2D eigenvalue weighted by molar-refractivity contribution is -0.129. The van der Waals surface area contributed by atoms with Gasteiger partial charge in [-0.15, -0.1) is 0 Å². The molecule has 4 atom stereocenters. The van der Waals surface area contributed by atoms with E-state index in [-0.39, 0.29) is 18.1 Å². The topological polar surface area (TPSA) is 82.6 Å². The van der Waals surface area contributed by atoms with Gasteiger partial charge in [0.25, 0.3) is 0 Å². The number of ether oxygens (including phenoxy) is 1. The van der Waals surface area contributed by atoms with E-state index in [1.165, 1.54) is 0 Å². The summed E-state index contributed by atoms with van der Waals surface area (Å²) in [5.74, 6) is 1.40. The summed E-state index contributed by atoms with van der Waals surface area (Å²) in [6, 6.07) is 2.62. The Labute approximate surface area is 160 Å². The molecule has 2 saturated heterocycles. The number of anilines is 1. The fourth-order valence-corrected chi connectivity index (χ4v) is 4.48. The van der Waals surface area contributed by atoms with Crippen LogP contribution in [0.2, 0.25) is 0 Å². The number of carbonyl (C=O) groups excluding carboxylic acids is 1. The first-order valence-corrected chi connectivity index (χ1v) is 9.98. The molecule has 8 nitrogen and oxygen atoms in total. The predicted octanol–water partition coefficient (Wildman–Crippen LogP) is 0.866. The van der Waals surface area contributed by atoms with Gasteiger partial charge in [-0.25, -0.2) is 15.4 Å². The highest BCUT2D eigenvalue weighted by Crippen LogP contribution is 2.39. The van der Waals surface area contributed by atoms with Crippen LogP contribution in [0.1, 0.15) is 44.8 Å². The number of rotatable bonds is 4. The van der Waals surface area contributed by atoms with Gasteiger partial charge in [0, 0.05) is 38.2 Å². The van der Waals surface area contributed by atoms with Crippen LogP contribution in [0.3, 0.4) is 0 Å². The summed E-state index contributed by atoms with van der Waals surface area (Å²) in [6.07, 6.45) is 5.42. The van der Waals surface area contributed by atoms with Gasteiger partial charge in [0.05, 0.1) is 30.5 Å². The molecule has 2 aliphatic heterocycles. The molecule has 3 heterocycles. The van der Waals surface area contributed by atoms with Gasteiger partial charge >= 0.3 is 0 Å². The van der Waals surface area contributed by atoms with Gasteiger partial charge in [-0.2, -0.15) is 0 Å². The van der Waals surface area contributed by atoms with E-state index in [1.807, 2.05) is 18.0 Å². The van der Waals surface area contributed by atoms with E-state index < -0.39 is 0 Å². The molecule has 4 rings (SSSR count). The average Bonchev–Trinajstić information content (AvgIpc) is 3.07. The maximum atomic E-state index is 12.0. The number of likely N-dealkylation sites (N-methyl/N-ethyl adjacent to an activating group) is 1. The fraction of sp³-hybridized carbons (Fsp3) is 0.737. The van der Waals surface area contributed by atoms with Crippen LogP contribution in [-0.2, 0) is 9.53 Å². The van der Waals surface area contributed by atoms with Crippen molar-refractivity contribution in [3.63, 3.8) is 0 Å². The molecule has 0 bridgehead atoms. The van der Waals surface area contributed by atoms with Crippen molar-refractivity contribution in [1.82, 2.24) is 25.7 Å². The molecule has 1 aromatic rings. The van der Waals surface area contributed by atoms with E-state index in [9.17, 15) is 4.79 Å². The number of nitrogens with zero attached hydrogens (tertiary/aromatic N) is 4.